The van der Waals surface area contributed by atoms with Crippen molar-refractivity contribution in [3.05, 3.63) is 285 Å². The third-order valence-corrected chi connectivity index (χ3v) is 26.3. The summed E-state index contributed by atoms with van der Waals surface area (Å²) in [5, 5.41) is 16.1. The predicted octanol–water partition coefficient (Wildman–Crippen LogP) is 10.5. The molecular formula is C69H47N5Si2. The molecule has 1 aliphatic heterocycles. The fraction of sp³-hybridized carbons (Fsp3) is 0. The van der Waals surface area contributed by atoms with Crippen molar-refractivity contribution in [2.45, 2.75) is 0 Å². The molecule has 3 aromatic heterocycles. The molecule has 5 nitrogen and oxygen atoms in total. The molecule has 0 aliphatic carbocycles. The lowest BCUT2D eigenvalue weighted by molar-refractivity contribution is 0.953. The second-order valence-corrected chi connectivity index (χ2v) is 27.3. The Kier molecular flexibility index (Phi) is 10.2. The molecule has 0 amide bonds. The number of fused-ring (bicyclic) bond motifs is 8. The Labute approximate surface area is 442 Å². The van der Waals surface area contributed by atoms with Gasteiger partial charge in [-0.1, -0.05) is 237 Å². The molecular weight excluding hydrogens is 955 g/mol. The van der Waals surface area contributed by atoms with Crippen LogP contribution in [-0.2, 0) is 0 Å². The SMILES string of the molecule is c1ccc(-c2nc(-c3ccc(-n4c5ccccc5c5ccc([Si]6(c7ccccc7)c7ccccc7[Si](c7ccccc7)(c7ccccc7)c7ccccc76)cc54)cc3)nc(-n3c4ccccc4c4ccccc43)n2)cc1. The van der Waals surface area contributed by atoms with Gasteiger partial charge in [-0.25, -0.2) is 4.98 Å². The van der Waals surface area contributed by atoms with Gasteiger partial charge in [0.1, 0.15) is 0 Å². The molecule has 11 aromatic carbocycles. The van der Waals surface area contributed by atoms with Gasteiger partial charge in [0.15, 0.2) is 27.8 Å². The van der Waals surface area contributed by atoms with E-state index in [1.54, 1.807) is 0 Å². The van der Waals surface area contributed by atoms with Gasteiger partial charge in [-0.15, -0.1) is 0 Å². The van der Waals surface area contributed by atoms with Crippen LogP contribution in [0, 0.1) is 0 Å². The second kappa shape index (κ2) is 17.6. The Morgan fingerprint density at radius 3 is 1.07 bits per heavy atom. The van der Waals surface area contributed by atoms with Gasteiger partial charge in [-0.3, -0.25) is 4.57 Å². The normalized spacial score (nSPS) is 13.5. The third kappa shape index (κ3) is 6.46. The summed E-state index contributed by atoms with van der Waals surface area (Å²) in [6, 6.07) is 105. The monoisotopic (exact) mass is 1000 g/mol. The summed E-state index contributed by atoms with van der Waals surface area (Å²) < 4.78 is 4.64. The van der Waals surface area contributed by atoms with Crippen LogP contribution in [0.25, 0.3) is 78.0 Å². The van der Waals surface area contributed by atoms with Crippen LogP contribution in [0.3, 0.4) is 0 Å². The first kappa shape index (κ1) is 44.0. The van der Waals surface area contributed by atoms with E-state index in [0.717, 1.165) is 44.1 Å². The summed E-state index contributed by atoms with van der Waals surface area (Å²) >= 11 is 0. The molecule has 14 aromatic rings. The highest BCUT2D eigenvalue weighted by molar-refractivity contribution is 7.33. The van der Waals surface area contributed by atoms with Crippen molar-refractivity contribution in [3.8, 4) is 34.4 Å². The molecule has 0 N–H and O–H groups in total. The number of para-hydroxylation sites is 3. The second-order valence-electron chi connectivity index (χ2n) is 19.8. The van der Waals surface area contributed by atoms with E-state index >= 15 is 0 Å². The number of benzene rings is 11. The van der Waals surface area contributed by atoms with E-state index < -0.39 is 16.1 Å². The lowest BCUT2D eigenvalue weighted by Crippen LogP contribution is -2.93. The van der Waals surface area contributed by atoms with Crippen molar-refractivity contribution in [2.24, 2.45) is 0 Å². The Morgan fingerprint density at radius 1 is 0.250 bits per heavy atom. The van der Waals surface area contributed by atoms with Gasteiger partial charge in [-0.05, 0) is 90.0 Å². The first-order valence-corrected chi connectivity index (χ1v) is 30.0. The van der Waals surface area contributed by atoms with Crippen LogP contribution in [0.5, 0.6) is 0 Å². The zero-order chi connectivity index (χ0) is 50.2. The van der Waals surface area contributed by atoms with Crippen LogP contribution in [0.15, 0.2) is 285 Å². The molecule has 0 spiro atoms. The molecule has 7 heteroatoms. The number of rotatable bonds is 8. The minimum Gasteiger partial charge on any atom is -0.309 e. The molecule has 15 rings (SSSR count). The summed E-state index contributed by atoms with van der Waals surface area (Å²) in [5.74, 6) is 1.81. The quantitative estimate of drug-likeness (QED) is 0.143. The Balaban J connectivity index is 0.946. The van der Waals surface area contributed by atoms with Gasteiger partial charge in [0.25, 0.3) is 0 Å². The number of hydrogen-bond donors (Lipinski definition) is 0. The summed E-state index contributed by atoms with van der Waals surface area (Å²) in [5.41, 5.74) is 7.32. The van der Waals surface area contributed by atoms with Crippen molar-refractivity contribution in [1.82, 2.24) is 24.1 Å². The zero-order valence-corrected chi connectivity index (χ0v) is 43.4. The minimum atomic E-state index is -3.07. The first-order chi connectivity index (χ1) is 37.7. The Bertz CT molecular complexity index is 4370. The largest absolute Gasteiger partial charge is 0.309 e. The van der Waals surface area contributed by atoms with Gasteiger partial charge < -0.3 is 4.57 Å². The summed E-state index contributed by atoms with van der Waals surface area (Å²) in [6.45, 7) is 0. The molecule has 76 heavy (non-hydrogen) atoms. The van der Waals surface area contributed by atoms with E-state index in [1.807, 2.05) is 18.2 Å². The van der Waals surface area contributed by atoms with E-state index in [9.17, 15) is 0 Å². The molecule has 356 valence electrons. The first-order valence-electron chi connectivity index (χ1n) is 26.0. The number of aromatic nitrogens is 5. The standard InChI is InChI=1S/C69H47N5Si2/c1-5-23-48(24-6-1)67-70-68(72-69(71-67)74-60-35-17-14-31-55(60)56-32-15-18-36-61(56)74)49-41-43-50(44-42-49)73-59-34-16-13-33-57(59)58-46-45-54(47-62(58)73)76(53-29-11-4-12-30-53)65-39-21-19-37-63(65)75(51-25-7-2-8-26-51,52-27-9-3-10-28-52)64-38-20-22-40-66(64)76/h1-47H. The van der Waals surface area contributed by atoms with Crippen LogP contribution in [0.4, 0.5) is 0 Å². The lowest BCUT2D eigenvalue weighted by Gasteiger charge is -2.48. The van der Waals surface area contributed by atoms with Crippen molar-refractivity contribution >= 4 is 101 Å². The molecule has 0 bridgehead atoms. The van der Waals surface area contributed by atoms with E-state index in [1.165, 1.54) is 57.8 Å². The molecule has 1 aliphatic rings. The van der Waals surface area contributed by atoms with Crippen LogP contribution >= 0.6 is 0 Å². The maximum absolute atomic E-state index is 5.29. The van der Waals surface area contributed by atoms with Gasteiger partial charge >= 0.3 is 0 Å². The molecule has 0 radical (unpaired) electrons. The van der Waals surface area contributed by atoms with Crippen molar-refractivity contribution < 1.29 is 0 Å². The highest BCUT2D eigenvalue weighted by Crippen LogP contribution is 2.35. The van der Waals surface area contributed by atoms with Gasteiger partial charge in [0.2, 0.25) is 5.95 Å². The van der Waals surface area contributed by atoms with E-state index in [4.69, 9.17) is 15.0 Å². The third-order valence-electron chi connectivity index (χ3n) is 16.0. The smallest absolute Gasteiger partial charge is 0.238 e. The molecule has 0 saturated carbocycles. The Hall–Kier alpha value is -9.54. The van der Waals surface area contributed by atoms with Crippen LogP contribution in [-0.4, -0.2) is 40.2 Å². The molecule has 0 saturated heterocycles. The van der Waals surface area contributed by atoms with E-state index in [0.29, 0.717) is 17.6 Å². The molecule has 4 heterocycles. The van der Waals surface area contributed by atoms with Crippen molar-refractivity contribution in [1.29, 1.82) is 0 Å². The predicted molar refractivity (Wildman–Crippen MR) is 320 cm³/mol. The lowest BCUT2D eigenvalue weighted by atomic mass is 10.1. The Morgan fingerprint density at radius 2 is 0.605 bits per heavy atom. The maximum Gasteiger partial charge on any atom is 0.238 e. The number of nitrogens with zero attached hydrogens (tertiary/aromatic N) is 5. The van der Waals surface area contributed by atoms with Gasteiger partial charge in [-0.2, -0.15) is 9.97 Å². The van der Waals surface area contributed by atoms with E-state index in [2.05, 4.69) is 276 Å². The molecule has 0 fully saturated rings. The summed E-state index contributed by atoms with van der Waals surface area (Å²) in [7, 11) is -5.93. The summed E-state index contributed by atoms with van der Waals surface area (Å²) in [6.07, 6.45) is 0. The minimum absolute atomic E-state index is 0.579. The molecule has 0 atom stereocenters. The zero-order valence-electron chi connectivity index (χ0n) is 41.4. The van der Waals surface area contributed by atoms with Crippen molar-refractivity contribution in [3.63, 3.8) is 0 Å². The average Bonchev–Trinajstić information content (AvgIpc) is 4.06. The van der Waals surface area contributed by atoms with Gasteiger partial charge in [0.05, 0.1) is 22.1 Å². The van der Waals surface area contributed by atoms with Crippen LogP contribution in [0.2, 0.25) is 0 Å². The van der Waals surface area contributed by atoms with Crippen molar-refractivity contribution in [2.75, 3.05) is 0 Å². The van der Waals surface area contributed by atoms with E-state index in [-0.39, 0.29) is 0 Å². The maximum atomic E-state index is 5.29. The van der Waals surface area contributed by atoms with Gasteiger partial charge in [0, 0.05) is 38.4 Å². The topological polar surface area (TPSA) is 48.5 Å². The average molecular weight is 1000 g/mol. The fourth-order valence-corrected chi connectivity index (χ4v) is 25.0. The number of hydrogen-bond acceptors (Lipinski definition) is 3. The van der Waals surface area contributed by atoms with Crippen LogP contribution in [0.1, 0.15) is 0 Å². The highest BCUT2D eigenvalue weighted by atomic mass is 28.3. The molecule has 0 unspecified atom stereocenters. The van der Waals surface area contributed by atoms with Crippen LogP contribution < -0.4 is 41.5 Å². The highest BCUT2D eigenvalue weighted by Gasteiger charge is 2.56. The fourth-order valence-electron chi connectivity index (χ4n) is 12.9. The summed E-state index contributed by atoms with van der Waals surface area (Å²) in [4.78, 5) is 15.7.